The minimum absolute atomic E-state index is 0.377. The summed E-state index contributed by atoms with van der Waals surface area (Å²) < 4.78 is 5.35. The van der Waals surface area contributed by atoms with Gasteiger partial charge < -0.3 is 4.74 Å². The minimum atomic E-state index is 0.377. The van der Waals surface area contributed by atoms with Crippen LogP contribution < -0.4 is 0 Å². The molecule has 1 aliphatic heterocycles. The molecule has 1 rings (SSSR count). The molecule has 0 aliphatic carbocycles. The summed E-state index contributed by atoms with van der Waals surface area (Å²) in [6.45, 7) is 5.83. The summed E-state index contributed by atoms with van der Waals surface area (Å²) in [7, 11) is 0. The maximum Gasteiger partial charge on any atom is 0.112 e. The SMILES string of the molecule is C=C1C=CCC(CC)O1. The standard InChI is InChI=1S/C8H12O/c1-3-8-6-4-5-7(2)9-8/h4-5,8H,2-3,6H2,1H3. The molecule has 0 aromatic heterocycles. The molecule has 1 aliphatic rings. The van der Waals surface area contributed by atoms with E-state index in [4.69, 9.17) is 4.74 Å². The molecule has 0 aromatic carbocycles. The van der Waals surface area contributed by atoms with Gasteiger partial charge in [0, 0.05) is 6.42 Å². The van der Waals surface area contributed by atoms with Gasteiger partial charge >= 0.3 is 0 Å². The fourth-order valence-electron chi connectivity index (χ4n) is 0.903. The van der Waals surface area contributed by atoms with E-state index in [-0.39, 0.29) is 0 Å². The highest BCUT2D eigenvalue weighted by molar-refractivity contribution is 5.11. The molecule has 0 fully saturated rings. The summed E-state index contributed by atoms with van der Waals surface area (Å²) in [5.74, 6) is 0.799. The van der Waals surface area contributed by atoms with Gasteiger partial charge in [0.05, 0.1) is 0 Å². The summed E-state index contributed by atoms with van der Waals surface area (Å²) in [6.07, 6.45) is 6.52. The lowest BCUT2D eigenvalue weighted by molar-refractivity contribution is 0.117. The van der Waals surface area contributed by atoms with Gasteiger partial charge in [-0.1, -0.05) is 19.6 Å². The van der Waals surface area contributed by atoms with E-state index in [9.17, 15) is 0 Å². The lowest BCUT2D eigenvalue weighted by atomic mass is 10.1. The van der Waals surface area contributed by atoms with Gasteiger partial charge in [0.25, 0.3) is 0 Å². The second-order valence-electron chi connectivity index (χ2n) is 2.25. The third-order valence-electron chi connectivity index (χ3n) is 1.48. The summed E-state index contributed by atoms with van der Waals surface area (Å²) >= 11 is 0. The molecule has 0 bridgehead atoms. The Bertz CT molecular complexity index is 136. The highest BCUT2D eigenvalue weighted by Gasteiger charge is 2.08. The van der Waals surface area contributed by atoms with Gasteiger partial charge in [-0.3, -0.25) is 0 Å². The van der Waals surface area contributed by atoms with Crippen molar-refractivity contribution in [3.8, 4) is 0 Å². The fraction of sp³-hybridized carbons (Fsp3) is 0.500. The van der Waals surface area contributed by atoms with Crippen molar-refractivity contribution in [2.75, 3.05) is 0 Å². The zero-order valence-corrected chi connectivity index (χ0v) is 5.76. The van der Waals surface area contributed by atoms with Gasteiger partial charge in [-0.15, -0.1) is 0 Å². The van der Waals surface area contributed by atoms with Crippen molar-refractivity contribution in [1.29, 1.82) is 0 Å². The first kappa shape index (κ1) is 6.40. The molecule has 0 saturated heterocycles. The summed E-state index contributed by atoms with van der Waals surface area (Å²) in [4.78, 5) is 0. The normalized spacial score (nSPS) is 25.9. The average molecular weight is 124 g/mol. The monoisotopic (exact) mass is 124 g/mol. The van der Waals surface area contributed by atoms with Crippen LogP contribution in [0.5, 0.6) is 0 Å². The number of ether oxygens (including phenoxy) is 1. The third kappa shape index (κ3) is 1.60. The first-order valence-corrected chi connectivity index (χ1v) is 3.35. The molecule has 0 amide bonds. The Hall–Kier alpha value is -0.720. The van der Waals surface area contributed by atoms with Crippen molar-refractivity contribution in [2.24, 2.45) is 0 Å². The maximum absolute atomic E-state index is 5.35. The van der Waals surface area contributed by atoms with Crippen LogP contribution in [0.2, 0.25) is 0 Å². The van der Waals surface area contributed by atoms with Gasteiger partial charge in [0.1, 0.15) is 11.9 Å². The minimum Gasteiger partial charge on any atom is -0.491 e. The van der Waals surface area contributed by atoms with Crippen LogP contribution in [0, 0.1) is 0 Å². The van der Waals surface area contributed by atoms with Crippen molar-refractivity contribution >= 4 is 0 Å². The highest BCUT2D eigenvalue weighted by atomic mass is 16.5. The van der Waals surface area contributed by atoms with Gasteiger partial charge in [-0.25, -0.2) is 0 Å². The van der Waals surface area contributed by atoms with Crippen molar-refractivity contribution in [3.05, 3.63) is 24.5 Å². The Kier molecular flexibility index (Phi) is 1.93. The van der Waals surface area contributed by atoms with E-state index in [1.165, 1.54) is 0 Å². The lowest BCUT2D eigenvalue weighted by Crippen LogP contribution is -2.12. The van der Waals surface area contributed by atoms with Crippen LogP contribution in [-0.2, 0) is 4.74 Å². The highest BCUT2D eigenvalue weighted by Crippen LogP contribution is 2.15. The van der Waals surface area contributed by atoms with Gasteiger partial charge in [0.15, 0.2) is 0 Å². The molecule has 0 spiro atoms. The zero-order chi connectivity index (χ0) is 6.69. The quantitative estimate of drug-likeness (QED) is 0.521. The van der Waals surface area contributed by atoms with Crippen LogP contribution in [-0.4, -0.2) is 6.10 Å². The summed E-state index contributed by atoms with van der Waals surface area (Å²) in [6, 6.07) is 0. The van der Waals surface area contributed by atoms with Gasteiger partial charge in [-0.2, -0.15) is 0 Å². The van der Waals surface area contributed by atoms with E-state index in [0.29, 0.717) is 6.10 Å². The molecule has 1 heteroatoms. The fourth-order valence-corrected chi connectivity index (χ4v) is 0.903. The molecular weight excluding hydrogens is 112 g/mol. The van der Waals surface area contributed by atoms with Gasteiger partial charge in [0.2, 0.25) is 0 Å². The van der Waals surface area contributed by atoms with Crippen LogP contribution in [0.15, 0.2) is 24.5 Å². The topological polar surface area (TPSA) is 9.23 Å². The molecular formula is C8H12O. The molecule has 50 valence electrons. The van der Waals surface area contributed by atoms with Gasteiger partial charge in [-0.05, 0) is 12.5 Å². The largest absolute Gasteiger partial charge is 0.491 e. The number of allylic oxidation sites excluding steroid dienone is 1. The average Bonchev–Trinajstić information content (AvgIpc) is 1.88. The molecule has 1 atom stereocenters. The van der Waals surface area contributed by atoms with Crippen LogP contribution in [0.1, 0.15) is 19.8 Å². The number of hydrogen-bond acceptors (Lipinski definition) is 1. The van der Waals surface area contributed by atoms with Crippen LogP contribution in [0.3, 0.4) is 0 Å². The second kappa shape index (κ2) is 2.72. The molecule has 1 nitrogen and oxygen atoms in total. The van der Waals surface area contributed by atoms with Crippen molar-refractivity contribution in [3.63, 3.8) is 0 Å². The van der Waals surface area contributed by atoms with E-state index < -0.39 is 0 Å². The summed E-state index contributed by atoms with van der Waals surface area (Å²) in [5, 5.41) is 0. The van der Waals surface area contributed by atoms with E-state index in [2.05, 4.69) is 19.6 Å². The summed E-state index contributed by atoms with van der Waals surface area (Å²) in [5.41, 5.74) is 0. The Morgan fingerprint density at radius 3 is 3.11 bits per heavy atom. The van der Waals surface area contributed by atoms with Crippen molar-refractivity contribution in [2.45, 2.75) is 25.9 Å². The van der Waals surface area contributed by atoms with E-state index in [1.807, 2.05) is 6.08 Å². The predicted octanol–water partition coefficient (Wildman–Crippen LogP) is 2.26. The van der Waals surface area contributed by atoms with E-state index >= 15 is 0 Å². The predicted molar refractivity (Wildman–Crippen MR) is 38.1 cm³/mol. The Morgan fingerprint density at radius 1 is 1.89 bits per heavy atom. The molecule has 1 unspecified atom stereocenters. The molecule has 0 radical (unpaired) electrons. The van der Waals surface area contributed by atoms with Crippen LogP contribution >= 0.6 is 0 Å². The Labute approximate surface area is 56.0 Å². The number of rotatable bonds is 1. The zero-order valence-electron chi connectivity index (χ0n) is 5.76. The third-order valence-corrected chi connectivity index (χ3v) is 1.48. The van der Waals surface area contributed by atoms with Crippen LogP contribution in [0.25, 0.3) is 0 Å². The first-order valence-electron chi connectivity index (χ1n) is 3.35. The van der Waals surface area contributed by atoms with Crippen molar-refractivity contribution in [1.82, 2.24) is 0 Å². The number of hydrogen-bond donors (Lipinski definition) is 0. The molecule has 0 aromatic rings. The molecule has 0 N–H and O–H groups in total. The van der Waals surface area contributed by atoms with Crippen LogP contribution in [0.4, 0.5) is 0 Å². The Morgan fingerprint density at radius 2 is 2.67 bits per heavy atom. The molecule has 9 heavy (non-hydrogen) atoms. The maximum atomic E-state index is 5.35. The second-order valence-corrected chi connectivity index (χ2v) is 2.25. The first-order chi connectivity index (χ1) is 4.33. The lowest BCUT2D eigenvalue weighted by Gasteiger charge is -2.19. The van der Waals surface area contributed by atoms with Crippen molar-refractivity contribution < 1.29 is 4.74 Å². The van der Waals surface area contributed by atoms with E-state index in [0.717, 1.165) is 18.6 Å². The molecule has 0 saturated carbocycles. The van der Waals surface area contributed by atoms with E-state index in [1.54, 1.807) is 0 Å². The molecule has 1 heterocycles. The Balaban J connectivity index is 2.47. The smallest absolute Gasteiger partial charge is 0.112 e.